The molecule has 21 heavy (non-hydrogen) atoms. The summed E-state index contributed by atoms with van der Waals surface area (Å²) in [7, 11) is 3.57. The lowest BCUT2D eigenvalue weighted by Gasteiger charge is -2.21. The van der Waals surface area contributed by atoms with Crippen LogP contribution in [0.25, 0.3) is 11.1 Å². The number of para-hydroxylation sites is 1. The molecule has 0 saturated carbocycles. The molecule has 2 heterocycles. The van der Waals surface area contributed by atoms with Crippen molar-refractivity contribution in [3.05, 3.63) is 30.0 Å². The number of aromatic nitrogens is 2. The molecule has 5 heteroatoms. The molecule has 1 aliphatic heterocycles. The van der Waals surface area contributed by atoms with E-state index in [1.807, 2.05) is 31.3 Å². The molecule has 0 bridgehead atoms. The molecule has 3 rings (SSSR count). The summed E-state index contributed by atoms with van der Waals surface area (Å²) in [5.74, 6) is 1.90. The standard InChI is InChI=1S/C16H21N3O2/c1-19-16(17)14(12-5-3-4-6-13(12)20-2)15(18-19)11-7-9-21-10-8-11/h3-6,11H,7-10,17H2,1-2H3. The van der Waals surface area contributed by atoms with Crippen molar-refractivity contribution in [1.82, 2.24) is 9.78 Å². The van der Waals surface area contributed by atoms with Crippen LogP contribution in [0.5, 0.6) is 5.75 Å². The van der Waals surface area contributed by atoms with E-state index in [9.17, 15) is 0 Å². The summed E-state index contributed by atoms with van der Waals surface area (Å²) in [6, 6.07) is 7.95. The normalized spacial score (nSPS) is 16.1. The molecular formula is C16H21N3O2. The minimum Gasteiger partial charge on any atom is -0.496 e. The molecule has 0 radical (unpaired) electrons. The van der Waals surface area contributed by atoms with Gasteiger partial charge < -0.3 is 15.2 Å². The highest BCUT2D eigenvalue weighted by Crippen LogP contribution is 2.41. The maximum atomic E-state index is 6.28. The third-order valence-electron chi connectivity index (χ3n) is 4.10. The topological polar surface area (TPSA) is 62.3 Å². The lowest BCUT2D eigenvalue weighted by molar-refractivity contribution is 0.0845. The highest BCUT2D eigenvalue weighted by Gasteiger charge is 2.26. The quantitative estimate of drug-likeness (QED) is 0.942. The van der Waals surface area contributed by atoms with Crippen molar-refractivity contribution in [1.29, 1.82) is 0 Å². The van der Waals surface area contributed by atoms with Crippen LogP contribution in [-0.2, 0) is 11.8 Å². The fourth-order valence-electron chi connectivity index (χ4n) is 2.94. The fraction of sp³-hybridized carbons (Fsp3) is 0.438. The second-order valence-electron chi connectivity index (χ2n) is 5.36. The molecule has 2 aromatic rings. The number of nitrogens with two attached hydrogens (primary N) is 1. The molecule has 1 aliphatic rings. The smallest absolute Gasteiger partial charge is 0.129 e. The van der Waals surface area contributed by atoms with Crippen molar-refractivity contribution < 1.29 is 9.47 Å². The maximum absolute atomic E-state index is 6.28. The summed E-state index contributed by atoms with van der Waals surface area (Å²) in [6.45, 7) is 1.57. The van der Waals surface area contributed by atoms with Crippen molar-refractivity contribution in [3.8, 4) is 16.9 Å². The number of benzene rings is 1. The lowest BCUT2D eigenvalue weighted by atomic mass is 9.91. The van der Waals surface area contributed by atoms with Gasteiger partial charge in [-0.2, -0.15) is 5.10 Å². The Labute approximate surface area is 124 Å². The van der Waals surface area contributed by atoms with Gasteiger partial charge in [0.2, 0.25) is 0 Å². The predicted octanol–water partition coefficient (Wildman–Crippen LogP) is 2.57. The van der Waals surface area contributed by atoms with Crippen molar-refractivity contribution in [2.75, 3.05) is 26.1 Å². The van der Waals surface area contributed by atoms with E-state index in [1.165, 1.54) is 0 Å². The minimum atomic E-state index is 0.391. The molecule has 0 atom stereocenters. The second-order valence-corrected chi connectivity index (χ2v) is 5.36. The summed E-state index contributed by atoms with van der Waals surface area (Å²) in [5, 5.41) is 4.67. The van der Waals surface area contributed by atoms with E-state index in [1.54, 1.807) is 11.8 Å². The first-order valence-corrected chi connectivity index (χ1v) is 7.26. The number of anilines is 1. The second kappa shape index (κ2) is 5.77. The zero-order chi connectivity index (χ0) is 14.8. The van der Waals surface area contributed by atoms with E-state index >= 15 is 0 Å². The predicted molar refractivity (Wildman–Crippen MR) is 82.4 cm³/mol. The Bertz CT molecular complexity index is 630. The van der Waals surface area contributed by atoms with Crippen LogP contribution in [0.2, 0.25) is 0 Å². The van der Waals surface area contributed by atoms with E-state index in [2.05, 4.69) is 5.10 Å². The van der Waals surface area contributed by atoms with Gasteiger partial charge in [0.1, 0.15) is 11.6 Å². The van der Waals surface area contributed by atoms with Gasteiger partial charge in [-0.05, 0) is 18.9 Å². The molecule has 1 saturated heterocycles. The summed E-state index contributed by atoms with van der Waals surface area (Å²) in [6.07, 6.45) is 1.97. The third-order valence-corrected chi connectivity index (χ3v) is 4.10. The highest BCUT2D eigenvalue weighted by atomic mass is 16.5. The Balaban J connectivity index is 2.12. The summed E-state index contributed by atoms with van der Waals surface area (Å²) in [4.78, 5) is 0. The number of nitrogens with zero attached hydrogens (tertiary/aromatic N) is 2. The van der Waals surface area contributed by atoms with E-state index < -0.39 is 0 Å². The largest absolute Gasteiger partial charge is 0.496 e. The van der Waals surface area contributed by atoms with Crippen LogP contribution in [-0.4, -0.2) is 30.1 Å². The van der Waals surface area contributed by atoms with Crippen molar-refractivity contribution in [2.45, 2.75) is 18.8 Å². The Morgan fingerprint density at radius 3 is 2.71 bits per heavy atom. The minimum absolute atomic E-state index is 0.391. The number of methoxy groups -OCH3 is 1. The van der Waals surface area contributed by atoms with Crippen molar-refractivity contribution in [2.24, 2.45) is 7.05 Å². The van der Waals surface area contributed by atoms with Crippen LogP contribution < -0.4 is 10.5 Å². The van der Waals surface area contributed by atoms with E-state index in [-0.39, 0.29) is 0 Å². The van der Waals surface area contributed by atoms with Crippen LogP contribution in [0.3, 0.4) is 0 Å². The van der Waals surface area contributed by atoms with Gasteiger partial charge in [-0.3, -0.25) is 4.68 Å². The summed E-state index contributed by atoms with van der Waals surface area (Å²) >= 11 is 0. The average molecular weight is 287 g/mol. The molecule has 1 aromatic heterocycles. The summed E-state index contributed by atoms with van der Waals surface area (Å²) < 4.78 is 12.7. The van der Waals surface area contributed by atoms with Gasteiger partial charge in [-0.1, -0.05) is 18.2 Å². The molecule has 0 spiro atoms. The van der Waals surface area contributed by atoms with E-state index in [0.29, 0.717) is 11.7 Å². The first-order chi connectivity index (χ1) is 10.2. The van der Waals surface area contributed by atoms with Crippen LogP contribution in [0, 0.1) is 0 Å². The third kappa shape index (κ3) is 2.49. The molecular weight excluding hydrogens is 266 g/mol. The molecule has 112 valence electrons. The number of ether oxygens (including phenoxy) is 2. The molecule has 2 N–H and O–H groups in total. The number of hydrogen-bond acceptors (Lipinski definition) is 4. The molecule has 0 unspecified atom stereocenters. The summed E-state index contributed by atoms with van der Waals surface area (Å²) in [5.41, 5.74) is 9.35. The zero-order valence-corrected chi connectivity index (χ0v) is 12.5. The van der Waals surface area contributed by atoms with Crippen LogP contribution in [0.4, 0.5) is 5.82 Å². The van der Waals surface area contributed by atoms with E-state index in [4.69, 9.17) is 15.2 Å². The van der Waals surface area contributed by atoms with Crippen molar-refractivity contribution >= 4 is 5.82 Å². The first kappa shape index (κ1) is 13.9. The van der Waals surface area contributed by atoms with Gasteiger partial charge in [0.25, 0.3) is 0 Å². The fourth-order valence-corrected chi connectivity index (χ4v) is 2.94. The lowest BCUT2D eigenvalue weighted by Crippen LogP contribution is -2.15. The molecule has 1 aromatic carbocycles. The van der Waals surface area contributed by atoms with Gasteiger partial charge in [0, 0.05) is 31.7 Å². The number of nitrogen functional groups attached to an aromatic ring is 1. The molecule has 0 amide bonds. The average Bonchev–Trinajstić information content (AvgIpc) is 2.83. The Hall–Kier alpha value is -2.01. The first-order valence-electron chi connectivity index (χ1n) is 7.26. The highest BCUT2D eigenvalue weighted by molar-refractivity contribution is 5.81. The number of aryl methyl sites for hydroxylation is 1. The van der Waals surface area contributed by atoms with Crippen molar-refractivity contribution in [3.63, 3.8) is 0 Å². The Morgan fingerprint density at radius 1 is 1.29 bits per heavy atom. The van der Waals surface area contributed by atoms with Gasteiger partial charge in [-0.15, -0.1) is 0 Å². The number of rotatable bonds is 3. The van der Waals surface area contributed by atoms with Gasteiger partial charge in [-0.25, -0.2) is 0 Å². The maximum Gasteiger partial charge on any atom is 0.129 e. The number of hydrogen-bond donors (Lipinski definition) is 1. The van der Waals surface area contributed by atoms with Crippen LogP contribution in [0.1, 0.15) is 24.5 Å². The molecule has 5 nitrogen and oxygen atoms in total. The zero-order valence-electron chi connectivity index (χ0n) is 12.5. The Kier molecular flexibility index (Phi) is 3.84. The van der Waals surface area contributed by atoms with Gasteiger partial charge in [0.05, 0.1) is 18.4 Å². The van der Waals surface area contributed by atoms with Gasteiger partial charge >= 0.3 is 0 Å². The SMILES string of the molecule is COc1ccccc1-c1c(C2CCOCC2)nn(C)c1N. The van der Waals surface area contributed by atoms with E-state index in [0.717, 1.165) is 48.6 Å². The molecule has 1 fully saturated rings. The van der Waals surface area contributed by atoms with Crippen LogP contribution in [0.15, 0.2) is 24.3 Å². The monoisotopic (exact) mass is 287 g/mol. The van der Waals surface area contributed by atoms with Crippen LogP contribution >= 0.6 is 0 Å². The molecule has 0 aliphatic carbocycles. The Morgan fingerprint density at radius 2 is 2.00 bits per heavy atom. The van der Waals surface area contributed by atoms with Gasteiger partial charge in [0.15, 0.2) is 0 Å².